The number of carboxylic acids is 1. The van der Waals surface area contributed by atoms with Crippen molar-refractivity contribution < 1.29 is 19.5 Å². The van der Waals surface area contributed by atoms with E-state index < -0.39 is 17.9 Å². The maximum atomic E-state index is 12.5. The fourth-order valence-electron chi connectivity index (χ4n) is 2.52. The summed E-state index contributed by atoms with van der Waals surface area (Å²) in [5, 5.41) is 15.4. The van der Waals surface area contributed by atoms with E-state index in [1.807, 2.05) is 6.92 Å². The fraction of sp³-hybridized carbons (Fsp3) is 0.571. The van der Waals surface area contributed by atoms with Crippen molar-refractivity contribution in [1.82, 2.24) is 15.1 Å². The van der Waals surface area contributed by atoms with E-state index in [2.05, 4.69) is 10.4 Å². The van der Waals surface area contributed by atoms with E-state index in [0.29, 0.717) is 19.5 Å². The molecule has 1 unspecified atom stereocenters. The maximum Gasteiger partial charge on any atom is 0.303 e. The molecule has 2 rings (SSSR count). The van der Waals surface area contributed by atoms with E-state index in [0.717, 1.165) is 12.2 Å². The zero-order chi connectivity index (χ0) is 16.1. The molecule has 8 heteroatoms. The van der Waals surface area contributed by atoms with Crippen LogP contribution in [0.3, 0.4) is 0 Å². The van der Waals surface area contributed by atoms with Gasteiger partial charge in [-0.2, -0.15) is 5.10 Å². The standard InChI is InChI=1S/C14H20N4O4/c1-2-18-12(7-8-15-18)17-9-3-4-10(14(17)22)16-11(19)5-6-13(20)21/h7-8,10H,2-6,9H2,1H3,(H,16,19)(H,20,21). The molecule has 120 valence electrons. The third kappa shape index (κ3) is 3.63. The number of aromatic nitrogens is 2. The zero-order valence-corrected chi connectivity index (χ0v) is 12.5. The first kappa shape index (κ1) is 16.0. The Kier molecular flexibility index (Phi) is 5.13. The fourth-order valence-corrected chi connectivity index (χ4v) is 2.52. The molecule has 1 aromatic heterocycles. The lowest BCUT2D eigenvalue weighted by Crippen LogP contribution is -2.53. The van der Waals surface area contributed by atoms with Crippen LogP contribution in [0.2, 0.25) is 0 Å². The van der Waals surface area contributed by atoms with Gasteiger partial charge in [-0.15, -0.1) is 0 Å². The lowest BCUT2D eigenvalue weighted by Gasteiger charge is -2.32. The minimum absolute atomic E-state index is 0.119. The highest BCUT2D eigenvalue weighted by atomic mass is 16.4. The number of aliphatic carboxylic acids is 1. The Balaban J connectivity index is 2.01. The molecule has 2 amide bonds. The molecular weight excluding hydrogens is 288 g/mol. The lowest BCUT2D eigenvalue weighted by atomic mass is 10.0. The van der Waals surface area contributed by atoms with Gasteiger partial charge < -0.3 is 10.4 Å². The van der Waals surface area contributed by atoms with Gasteiger partial charge >= 0.3 is 5.97 Å². The van der Waals surface area contributed by atoms with Crippen LogP contribution in [-0.2, 0) is 20.9 Å². The number of rotatable bonds is 6. The molecule has 0 spiro atoms. The number of carboxylic acid groups (broad SMARTS) is 1. The molecule has 0 bridgehead atoms. The van der Waals surface area contributed by atoms with Gasteiger partial charge in [0.25, 0.3) is 5.91 Å². The second-order valence-corrected chi connectivity index (χ2v) is 5.15. The molecule has 1 atom stereocenters. The Morgan fingerprint density at radius 2 is 2.23 bits per heavy atom. The van der Waals surface area contributed by atoms with Crippen molar-refractivity contribution >= 4 is 23.6 Å². The molecule has 1 saturated heterocycles. The number of piperidine rings is 1. The van der Waals surface area contributed by atoms with Gasteiger partial charge in [0, 0.05) is 25.6 Å². The van der Waals surface area contributed by atoms with Crippen LogP contribution in [0.15, 0.2) is 12.3 Å². The summed E-state index contributed by atoms with van der Waals surface area (Å²) in [6.45, 7) is 3.18. The molecule has 1 aromatic rings. The van der Waals surface area contributed by atoms with Crippen molar-refractivity contribution in [3.63, 3.8) is 0 Å². The van der Waals surface area contributed by atoms with Crippen LogP contribution in [0.1, 0.15) is 32.6 Å². The van der Waals surface area contributed by atoms with Gasteiger partial charge in [-0.1, -0.05) is 0 Å². The third-order valence-electron chi connectivity index (χ3n) is 3.61. The highest BCUT2D eigenvalue weighted by Gasteiger charge is 2.32. The van der Waals surface area contributed by atoms with E-state index in [-0.39, 0.29) is 18.7 Å². The highest BCUT2D eigenvalue weighted by Crippen LogP contribution is 2.21. The summed E-state index contributed by atoms with van der Waals surface area (Å²) >= 11 is 0. The lowest BCUT2D eigenvalue weighted by molar-refractivity contribution is -0.139. The first-order chi connectivity index (χ1) is 10.5. The Hall–Kier alpha value is -2.38. The molecule has 22 heavy (non-hydrogen) atoms. The third-order valence-corrected chi connectivity index (χ3v) is 3.61. The van der Waals surface area contributed by atoms with Crippen LogP contribution < -0.4 is 10.2 Å². The molecule has 2 heterocycles. The Morgan fingerprint density at radius 3 is 2.91 bits per heavy atom. The highest BCUT2D eigenvalue weighted by molar-refractivity contribution is 5.99. The number of carbonyl (C=O) groups excluding carboxylic acids is 2. The molecule has 1 fully saturated rings. The number of hydrogen-bond donors (Lipinski definition) is 2. The predicted octanol–water partition coefficient (Wildman–Crippen LogP) is 0.379. The van der Waals surface area contributed by atoms with Crippen molar-refractivity contribution in [2.24, 2.45) is 0 Å². The van der Waals surface area contributed by atoms with Crippen molar-refractivity contribution in [2.45, 2.75) is 45.2 Å². The summed E-state index contributed by atoms with van der Waals surface area (Å²) in [4.78, 5) is 36.3. The molecule has 2 N–H and O–H groups in total. The van der Waals surface area contributed by atoms with Crippen LogP contribution in [0.4, 0.5) is 5.82 Å². The second-order valence-electron chi connectivity index (χ2n) is 5.15. The van der Waals surface area contributed by atoms with Gasteiger partial charge in [-0.05, 0) is 19.8 Å². The van der Waals surface area contributed by atoms with Crippen molar-refractivity contribution in [3.8, 4) is 0 Å². The topological polar surface area (TPSA) is 105 Å². The quantitative estimate of drug-likeness (QED) is 0.790. The zero-order valence-electron chi connectivity index (χ0n) is 12.5. The smallest absolute Gasteiger partial charge is 0.303 e. The van der Waals surface area contributed by atoms with E-state index >= 15 is 0 Å². The molecule has 0 radical (unpaired) electrons. The van der Waals surface area contributed by atoms with E-state index in [4.69, 9.17) is 5.11 Å². The maximum absolute atomic E-state index is 12.5. The Morgan fingerprint density at radius 1 is 1.45 bits per heavy atom. The molecular formula is C14H20N4O4. The van der Waals surface area contributed by atoms with Gasteiger partial charge in [-0.25, -0.2) is 4.68 Å². The average Bonchev–Trinajstić information content (AvgIpc) is 2.95. The summed E-state index contributed by atoms with van der Waals surface area (Å²) in [5.41, 5.74) is 0. The summed E-state index contributed by atoms with van der Waals surface area (Å²) in [6, 6.07) is 1.17. The number of amides is 2. The SMILES string of the molecule is CCn1nccc1N1CCCC(NC(=O)CCC(=O)O)C1=O. The number of nitrogens with one attached hydrogen (secondary N) is 1. The van der Waals surface area contributed by atoms with Crippen LogP contribution >= 0.6 is 0 Å². The summed E-state index contributed by atoms with van der Waals surface area (Å²) < 4.78 is 1.73. The van der Waals surface area contributed by atoms with Gasteiger partial charge in [0.2, 0.25) is 5.91 Å². The molecule has 0 saturated carbocycles. The normalized spacial score (nSPS) is 18.3. The number of hydrogen-bond acceptors (Lipinski definition) is 4. The monoisotopic (exact) mass is 308 g/mol. The van der Waals surface area contributed by atoms with Crippen LogP contribution in [0, 0.1) is 0 Å². The van der Waals surface area contributed by atoms with Gasteiger partial charge in [0.05, 0.1) is 12.6 Å². The van der Waals surface area contributed by atoms with E-state index in [9.17, 15) is 14.4 Å². The van der Waals surface area contributed by atoms with Crippen LogP contribution in [0.5, 0.6) is 0 Å². The van der Waals surface area contributed by atoms with Crippen molar-refractivity contribution in [3.05, 3.63) is 12.3 Å². The van der Waals surface area contributed by atoms with Crippen LogP contribution in [-0.4, -0.2) is 45.3 Å². The number of aryl methyl sites for hydroxylation is 1. The van der Waals surface area contributed by atoms with Crippen LogP contribution in [0.25, 0.3) is 0 Å². The van der Waals surface area contributed by atoms with Gasteiger partial charge in [0.1, 0.15) is 11.9 Å². The Bertz CT molecular complexity index is 569. The van der Waals surface area contributed by atoms with E-state index in [1.165, 1.54) is 0 Å². The Labute approximate surface area is 128 Å². The number of anilines is 1. The first-order valence-corrected chi connectivity index (χ1v) is 7.37. The minimum atomic E-state index is -1.03. The molecule has 1 aliphatic rings. The van der Waals surface area contributed by atoms with E-state index in [1.54, 1.807) is 21.8 Å². The predicted molar refractivity (Wildman–Crippen MR) is 78.3 cm³/mol. The molecule has 0 aromatic carbocycles. The minimum Gasteiger partial charge on any atom is -0.481 e. The molecule has 1 aliphatic heterocycles. The second kappa shape index (κ2) is 7.06. The summed E-state index contributed by atoms with van der Waals surface area (Å²) in [7, 11) is 0. The van der Waals surface area contributed by atoms with Crippen molar-refractivity contribution in [1.29, 1.82) is 0 Å². The average molecular weight is 308 g/mol. The first-order valence-electron chi connectivity index (χ1n) is 7.37. The molecule has 8 nitrogen and oxygen atoms in total. The molecule has 0 aliphatic carbocycles. The number of nitrogens with zero attached hydrogens (tertiary/aromatic N) is 3. The summed E-state index contributed by atoms with van der Waals surface area (Å²) in [5.74, 6) is -0.896. The van der Waals surface area contributed by atoms with Gasteiger partial charge in [-0.3, -0.25) is 19.3 Å². The summed E-state index contributed by atoms with van der Waals surface area (Å²) in [6.07, 6.45) is 2.62. The van der Waals surface area contributed by atoms with Crippen molar-refractivity contribution in [2.75, 3.05) is 11.4 Å². The van der Waals surface area contributed by atoms with Gasteiger partial charge in [0.15, 0.2) is 0 Å². The largest absolute Gasteiger partial charge is 0.481 e. The number of carbonyl (C=O) groups is 3.